The zero-order chi connectivity index (χ0) is 29.1. The molecular weight excluding hydrogens is 579 g/mol. The Bertz CT molecular complexity index is 1560. The summed E-state index contributed by atoms with van der Waals surface area (Å²) in [5, 5.41) is 10.5. The van der Waals surface area contributed by atoms with Crippen molar-refractivity contribution in [3.05, 3.63) is 81.9 Å². The van der Waals surface area contributed by atoms with Gasteiger partial charge in [0.05, 0.1) is 40.5 Å². The van der Waals surface area contributed by atoms with E-state index < -0.39 is 5.97 Å². The van der Waals surface area contributed by atoms with Gasteiger partial charge in [-0.1, -0.05) is 23.2 Å². The fraction of sp³-hybridized carbons (Fsp3) is 0.387. The van der Waals surface area contributed by atoms with Crippen molar-refractivity contribution < 1.29 is 24.1 Å². The lowest BCUT2D eigenvalue weighted by molar-refractivity contribution is 0.0697. The predicted octanol–water partition coefficient (Wildman–Crippen LogP) is 6.10. The van der Waals surface area contributed by atoms with Crippen molar-refractivity contribution in [2.45, 2.75) is 45.1 Å². The second-order valence-electron chi connectivity index (χ2n) is 10.8. The first-order chi connectivity index (χ1) is 20.4. The molecule has 4 aromatic rings. The maximum Gasteiger partial charge on any atom is 0.335 e. The van der Waals surface area contributed by atoms with Gasteiger partial charge in [-0.3, -0.25) is 9.88 Å². The number of pyridine rings is 1. The summed E-state index contributed by atoms with van der Waals surface area (Å²) in [5.74, 6) is 1.73. The van der Waals surface area contributed by atoms with E-state index in [9.17, 15) is 9.90 Å². The highest BCUT2D eigenvalue weighted by Crippen LogP contribution is 2.29. The van der Waals surface area contributed by atoms with Crippen LogP contribution in [0.2, 0.25) is 10.0 Å². The summed E-state index contributed by atoms with van der Waals surface area (Å²) in [6, 6.07) is 14.1. The highest BCUT2D eigenvalue weighted by molar-refractivity contribution is 6.35. The van der Waals surface area contributed by atoms with Gasteiger partial charge >= 0.3 is 5.97 Å². The van der Waals surface area contributed by atoms with E-state index in [0.717, 1.165) is 80.4 Å². The molecule has 2 aromatic carbocycles. The van der Waals surface area contributed by atoms with E-state index in [0.29, 0.717) is 28.3 Å². The van der Waals surface area contributed by atoms with Gasteiger partial charge in [-0.15, -0.1) is 0 Å². The molecule has 11 heteroatoms. The van der Waals surface area contributed by atoms with Gasteiger partial charge in [0.1, 0.15) is 30.0 Å². The molecule has 1 atom stereocenters. The Morgan fingerprint density at radius 1 is 1.07 bits per heavy atom. The molecule has 2 saturated heterocycles. The van der Waals surface area contributed by atoms with Gasteiger partial charge < -0.3 is 23.9 Å². The number of fused-ring (bicyclic) bond motifs is 1. The molecule has 0 aliphatic carbocycles. The lowest BCUT2D eigenvalue weighted by Crippen LogP contribution is -2.38. The number of hydrogen-bond donors (Lipinski definition) is 1. The van der Waals surface area contributed by atoms with Crippen LogP contribution in [-0.4, -0.2) is 62.9 Å². The van der Waals surface area contributed by atoms with Crippen molar-refractivity contribution in [1.29, 1.82) is 0 Å². The fourth-order valence-corrected chi connectivity index (χ4v) is 6.01. The van der Waals surface area contributed by atoms with E-state index >= 15 is 0 Å². The first-order valence-corrected chi connectivity index (χ1v) is 14.9. The van der Waals surface area contributed by atoms with Crippen LogP contribution < -0.4 is 9.47 Å². The Labute approximate surface area is 253 Å². The number of likely N-dealkylation sites (tertiary alicyclic amines) is 1. The highest BCUT2D eigenvalue weighted by Gasteiger charge is 2.25. The minimum absolute atomic E-state index is 0.0932. The number of carboxylic acid groups (broad SMARTS) is 1. The van der Waals surface area contributed by atoms with Crippen molar-refractivity contribution >= 4 is 40.2 Å². The molecule has 0 spiro atoms. The second kappa shape index (κ2) is 12.9. The van der Waals surface area contributed by atoms with Gasteiger partial charge in [-0.2, -0.15) is 0 Å². The molecule has 0 radical (unpaired) electrons. The first-order valence-electron chi connectivity index (χ1n) is 14.1. The predicted molar refractivity (Wildman–Crippen MR) is 160 cm³/mol. The van der Waals surface area contributed by atoms with Crippen LogP contribution in [0.3, 0.4) is 0 Å². The third kappa shape index (κ3) is 6.81. The fourth-order valence-electron chi connectivity index (χ4n) is 5.55. The number of imidazole rings is 1. The number of carboxylic acids is 1. The number of aromatic carboxylic acids is 1. The lowest BCUT2D eigenvalue weighted by atomic mass is 10.1. The number of benzene rings is 2. The summed E-state index contributed by atoms with van der Waals surface area (Å²) in [7, 11) is 0. The molecule has 2 aliphatic heterocycles. The van der Waals surface area contributed by atoms with Gasteiger partial charge in [0.15, 0.2) is 0 Å². The Kier molecular flexibility index (Phi) is 8.81. The van der Waals surface area contributed by atoms with Crippen LogP contribution in [0.25, 0.3) is 11.0 Å². The standard InChI is InChI=1S/C31H32Cl2N4O5/c32-22-2-4-29(26(33)14-22)41-19-23-15-25(5-9-34-23)42-24-6-10-36(11-7-24)17-30-35-27-3-1-21(31(38)39)13-28(27)37(30)16-20-8-12-40-18-20/h1-5,9,13-15,20,24H,6-8,10-12,16-19H2,(H,38,39)/t20-/m1/s1. The lowest BCUT2D eigenvalue weighted by Gasteiger charge is -2.32. The van der Waals surface area contributed by atoms with Crippen LogP contribution >= 0.6 is 23.2 Å². The molecule has 1 N–H and O–H groups in total. The average Bonchev–Trinajstić information content (AvgIpc) is 3.62. The largest absolute Gasteiger partial charge is 0.490 e. The summed E-state index contributed by atoms with van der Waals surface area (Å²) in [6.45, 7) is 4.96. The molecule has 6 rings (SSSR count). The van der Waals surface area contributed by atoms with Gasteiger partial charge in [-0.05, 0) is 61.7 Å². The Hall–Kier alpha value is -3.37. The summed E-state index contributed by atoms with van der Waals surface area (Å²) in [5.41, 5.74) is 2.71. The highest BCUT2D eigenvalue weighted by atomic mass is 35.5. The minimum Gasteiger partial charge on any atom is -0.490 e. The van der Waals surface area contributed by atoms with E-state index in [-0.39, 0.29) is 18.3 Å². The number of nitrogens with zero attached hydrogens (tertiary/aromatic N) is 4. The van der Waals surface area contributed by atoms with Crippen molar-refractivity contribution in [2.75, 3.05) is 26.3 Å². The van der Waals surface area contributed by atoms with Crippen LogP contribution in [0, 0.1) is 5.92 Å². The first kappa shape index (κ1) is 28.7. The maximum absolute atomic E-state index is 11.6. The summed E-state index contributed by atoms with van der Waals surface area (Å²) in [4.78, 5) is 23.3. The monoisotopic (exact) mass is 610 g/mol. The van der Waals surface area contributed by atoms with E-state index in [1.165, 1.54) is 0 Å². The Morgan fingerprint density at radius 2 is 1.93 bits per heavy atom. The van der Waals surface area contributed by atoms with Gasteiger partial charge in [0.2, 0.25) is 0 Å². The zero-order valence-electron chi connectivity index (χ0n) is 23.0. The van der Waals surface area contributed by atoms with Crippen molar-refractivity contribution in [1.82, 2.24) is 19.4 Å². The van der Waals surface area contributed by atoms with Crippen LogP contribution in [0.4, 0.5) is 0 Å². The van der Waals surface area contributed by atoms with Crippen molar-refractivity contribution in [3.63, 3.8) is 0 Å². The number of ether oxygens (including phenoxy) is 3. The van der Waals surface area contributed by atoms with Crippen LogP contribution in [0.15, 0.2) is 54.7 Å². The second-order valence-corrected chi connectivity index (χ2v) is 11.7. The molecule has 4 heterocycles. The average molecular weight is 612 g/mol. The number of piperidine rings is 1. The van der Waals surface area contributed by atoms with Gasteiger partial charge in [-0.25, -0.2) is 9.78 Å². The third-order valence-corrected chi connectivity index (χ3v) is 8.33. The van der Waals surface area contributed by atoms with Crippen LogP contribution in [0.1, 0.15) is 41.1 Å². The van der Waals surface area contributed by atoms with Crippen molar-refractivity contribution in [3.8, 4) is 11.5 Å². The molecule has 9 nitrogen and oxygen atoms in total. The zero-order valence-corrected chi connectivity index (χ0v) is 24.6. The van der Waals surface area contributed by atoms with Crippen LogP contribution in [0.5, 0.6) is 11.5 Å². The Morgan fingerprint density at radius 3 is 2.69 bits per heavy atom. The molecule has 42 heavy (non-hydrogen) atoms. The Balaban J connectivity index is 1.07. The van der Waals surface area contributed by atoms with E-state index in [2.05, 4.69) is 14.5 Å². The molecule has 0 amide bonds. The summed E-state index contributed by atoms with van der Waals surface area (Å²) < 4.78 is 20.0. The number of hydrogen-bond acceptors (Lipinski definition) is 7. The number of carbonyl (C=O) groups is 1. The number of halogens is 2. The third-order valence-electron chi connectivity index (χ3n) is 7.80. The molecular formula is C31H32Cl2N4O5. The van der Waals surface area contributed by atoms with E-state index in [4.69, 9.17) is 42.4 Å². The minimum atomic E-state index is -0.933. The molecule has 2 aromatic heterocycles. The van der Waals surface area contributed by atoms with Gasteiger partial charge in [0.25, 0.3) is 0 Å². The van der Waals surface area contributed by atoms with Crippen LogP contribution in [-0.2, 0) is 24.4 Å². The molecule has 0 bridgehead atoms. The molecule has 220 valence electrons. The SMILES string of the molecule is O=C(O)c1ccc2nc(CN3CCC(Oc4ccnc(COc5ccc(Cl)cc5Cl)c4)CC3)n(C[C@H]3CCOC3)c2c1. The molecule has 0 saturated carbocycles. The molecule has 2 aliphatic rings. The summed E-state index contributed by atoms with van der Waals surface area (Å²) >= 11 is 12.2. The smallest absolute Gasteiger partial charge is 0.335 e. The summed E-state index contributed by atoms with van der Waals surface area (Å²) in [6.07, 6.45) is 4.58. The molecule has 2 fully saturated rings. The number of rotatable bonds is 10. The topological polar surface area (TPSA) is 98.9 Å². The number of aromatic nitrogens is 3. The van der Waals surface area contributed by atoms with Crippen molar-refractivity contribution in [2.24, 2.45) is 5.92 Å². The quantitative estimate of drug-likeness (QED) is 0.230. The van der Waals surface area contributed by atoms with E-state index in [1.807, 2.05) is 18.2 Å². The molecule has 0 unspecified atom stereocenters. The maximum atomic E-state index is 11.6. The normalized spacial score (nSPS) is 18.0. The van der Waals surface area contributed by atoms with Gasteiger partial charge in [0, 0.05) is 49.4 Å². The van der Waals surface area contributed by atoms with E-state index in [1.54, 1.807) is 36.5 Å².